The first kappa shape index (κ1) is 20.6. The molecule has 1 aromatic carbocycles. The maximum atomic E-state index is 13.6. The van der Waals surface area contributed by atoms with Crippen LogP contribution in [0.4, 0.5) is 5.69 Å². The predicted octanol–water partition coefficient (Wildman–Crippen LogP) is 3.71. The van der Waals surface area contributed by atoms with E-state index in [9.17, 15) is 9.59 Å². The molecule has 5 heteroatoms. The second-order valence-electron chi connectivity index (χ2n) is 9.72. The molecule has 2 heterocycles. The van der Waals surface area contributed by atoms with Crippen molar-refractivity contribution in [2.24, 2.45) is 17.8 Å². The van der Waals surface area contributed by atoms with Crippen molar-refractivity contribution in [3.05, 3.63) is 42.5 Å². The van der Waals surface area contributed by atoms with Gasteiger partial charge >= 0.3 is 0 Å². The predicted molar refractivity (Wildman–Crippen MR) is 123 cm³/mol. The molecule has 2 amide bonds. The number of amides is 2. The number of fused-ring (bicyclic) bond motifs is 1. The third kappa shape index (κ3) is 4.11. The minimum Gasteiger partial charge on any atom is -0.368 e. The largest absolute Gasteiger partial charge is 0.368 e. The van der Waals surface area contributed by atoms with Gasteiger partial charge < -0.3 is 14.7 Å². The fourth-order valence-electron chi connectivity index (χ4n) is 6.25. The molecule has 5 nitrogen and oxygen atoms in total. The van der Waals surface area contributed by atoms with Crippen LogP contribution < -0.4 is 4.90 Å². The molecule has 5 rings (SSSR count). The summed E-state index contributed by atoms with van der Waals surface area (Å²) in [4.78, 5) is 33.7. The van der Waals surface area contributed by atoms with Crippen LogP contribution in [0.25, 0.3) is 0 Å². The standard InChI is InChI=1S/C26H35N3O2/c30-25(28-18-16-27(17-19-28)21-9-3-1-4-10-21)23-13-7-8-20-14-15-29(26(31)24(20)23)22-11-5-2-6-12-22/h1,3-4,7-10,20,22-24H,2,5-6,11-19H2. The third-order valence-corrected chi connectivity index (χ3v) is 7.98. The number of rotatable bonds is 3. The van der Waals surface area contributed by atoms with Crippen molar-refractivity contribution in [2.45, 2.75) is 51.0 Å². The molecule has 0 bridgehead atoms. The van der Waals surface area contributed by atoms with Crippen molar-refractivity contribution in [1.29, 1.82) is 0 Å². The van der Waals surface area contributed by atoms with Crippen LogP contribution in [0, 0.1) is 17.8 Å². The molecule has 1 saturated carbocycles. The summed E-state index contributed by atoms with van der Waals surface area (Å²) in [5.41, 5.74) is 1.22. The van der Waals surface area contributed by atoms with Crippen molar-refractivity contribution in [3.63, 3.8) is 0 Å². The first-order valence-electron chi connectivity index (χ1n) is 12.3. The maximum absolute atomic E-state index is 13.6. The van der Waals surface area contributed by atoms with E-state index >= 15 is 0 Å². The molecular formula is C26H35N3O2. The van der Waals surface area contributed by atoms with Gasteiger partial charge in [0.05, 0.1) is 11.8 Å². The summed E-state index contributed by atoms with van der Waals surface area (Å²) in [6.07, 6.45) is 12.1. The van der Waals surface area contributed by atoms with E-state index in [1.165, 1.54) is 24.9 Å². The Morgan fingerprint density at radius 3 is 2.35 bits per heavy atom. The number of nitrogens with zero attached hydrogens (tertiary/aromatic N) is 3. The fourth-order valence-corrected chi connectivity index (χ4v) is 6.25. The Bertz CT molecular complexity index is 809. The number of hydrogen-bond acceptors (Lipinski definition) is 3. The summed E-state index contributed by atoms with van der Waals surface area (Å²) in [7, 11) is 0. The Morgan fingerprint density at radius 2 is 1.61 bits per heavy atom. The van der Waals surface area contributed by atoms with E-state index in [1.54, 1.807) is 0 Å². The summed E-state index contributed by atoms with van der Waals surface area (Å²) in [6.45, 7) is 4.06. The number of carbonyl (C=O) groups is 2. The zero-order valence-corrected chi connectivity index (χ0v) is 18.5. The highest BCUT2D eigenvalue weighted by atomic mass is 16.2. The number of carbonyl (C=O) groups excluding carboxylic acids is 2. The minimum atomic E-state index is -0.183. The van der Waals surface area contributed by atoms with Gasteiger partial charge in [0.15, 0.2) is 0 Å². The third-order valence-electron chi connectivity index (χ3n) is 7.98. The van der Waals surface area contributed by atoms with Gasteiger partial charge in [-0.25, -0.2) is 0 Å². The summed E-state index contributed by atoms with van der Waals surface area (Å²) in [5, 5.41) is 0. The maximum Gasteiger partial charge on any atom is 0.227 e. The van der Waals surface area contributed by atoms with E-state index in [2.05, 4.69) is 46.2 Å². The van der Waals surface area contributed by atoms with Crippen molar-refractivity contribution in [1.82, 2.24) is 9.80 Å². The minimum absolute atomic E-state index is 0.152. The van der Waals surface area contributed by atoms with Gasteiger partial charge in [0.2, 0.25) is 11.8 Å². The van der Waals surface area contributed by atoms with Gasteiger partial charge in [0.25, 0.3) is 0 Å². The Hall–Kier alpha value is -2.30. The van der Waals surface area contributed by atoms with Crippen LogP contribution in [-0.4, -0.2) is 60.4 Å². The molecule has 3 unspecified atom stereocenters. The Labute approximate surface area is 186 Å². The van der Waals surface area contributed by atoms with Crippen molar-refractivity contribution >= 4 is 17.5 Å². The zero-order chi connectivity index (χ0) is 21.2. The van der Waals surface area contributed by atoms with Gasteiger partial charge in [-0.15, -0.1) is 0 Å². The highest BCUT2D eigenvalue weighted by molar-refractivity contribution is 5.89. The van der Waals surface area contributed by atoms with Gasteiger partial charge in [-0.2, -0.15) is 0 Å². The molecule has 0 N–H and O–H groups in total. The van der Waals surface area contributed by atoms with E-state index < -0.39 is 0 Å². The molecule has 3 atom stereocenters. The monoisotopic (exact) mass is 421 g/mol. The molecule has 2 aliphatic heterocycles. The van der Waals surface area contributed by atoms with E-state index in [0.29, 0.717) is 12.5 Å². The average Bonchev–Trinajstić information content (AvgIpc) is 2.85. The van der Waals surface area contributed by atoms with Crippen LogP contribution in [0.5, 0.6) is 0 Å². The van der Waals surface area contributed by atoms with E-state index in [-0.39, 0.29) is 29.6 Å². The van der Waals surface area contributed by atoms with Gasteiger partial charge in [0, 0.05) is 44.5 Å². The van der Waals surface area contributed by atoms with Crippen LogP contribution in [0.1, 0.15) is 44.9 Å². The molecule has 0 spiro atoms. The van der Waals surface area contributed by atoms with Crippen LogP contribution in [0.2, 0.25) is 0 Å². The van der Waals surface area contributed by atoms with Gasteiger partial charge in [-0.05, 0) is 43.7 Å². The number of piperazine rings is 1. The molecule has 2 aliphatic carbocycles. The number of piperidine rings is 1. The van der Waals surface area contributed by atoms with Gasteiger partial charge in [-0.1, -0.05) is 49.6 Å². The van der Waals surface area contributed by atoms with Crippen LogP contribution in [0.15, 0.2) is 42.5 Å². The van der Waals surface area contributed by atoms with Crippen molar-refractivity contribution < 1.29 is 9.59 Å². The molecule has 166 valence electrons. The van der Waals surface area contributed by atoms with E-state index in [0.717, 1.165) is 52.0 Å². The number of para-hydroxylation sites is 1. The normalized spacial score (nSPS) is 29.7. The van der Waals surface area contributed by atoms with Crippen LogP contribution >= 0.6 is 0 Å². The quantitative estimate of drug-likeness (QED) is 0.699. The first-order chi connectivity index (χ1) is 15.2. The summed E-state index contributed by atoms with van der Waals surface area (Å²) in [5.74, 6) is 0.359. The molecule has 2 saturated heterocycles. The number of likely N-dealkylation sites (tertiary alicyclic amines) is 1. The SMILES string of the molecule is O=C(C1CC=CC2CCN(C3CCCCC3)C(=O)C21)N1CCN(c2ccccc2)CC1. The highest BCUT2D eigenvalue weighted by Gasteiger charge is 2.47. The van der Waals surface area contributed by atoms with E-state index in [1.807, 2.05) is 11.0 Å². The van der Waals surface area contributed by atoms with Gasteiger partial charge in [-0.3, -0.25) is 9.59 Å². The van der Waals surface area contributed by atoms with Gasteiger partial charge in [0.1, 0.15) is 0 Å². The zero-order valence-electron chi connectivity index (χ0n) is 18.5. The smallest absolute Gasteiger partial charge is 0.227 e. The topological polar surface area (TPSA) is 43.9 Å². The van der Waals surface area contributed by atoms with E-state index in [4.69, 9.17) is 0 Å². The summed E-state index contributed by atoms with van der Waals surface area (Å²) >= 11 is 0. The molecule has 4 aliphatic rings. The second-order valence-corrected chi connectivity index (χ2v) is 9.72. The Morgan fingerprint density at radius 1 is 0.871 bits per heavy atom. The van der Waals surface area contributed by atoms with Crippen LogP contribution in [-0.2, 0) is 9.59 Å². The number of benzene rings is 1. The number of allylic oxidation sites excluding steroid dienone is 2. The van der Waals surface area contributed by atoms with Crippen LogP contribution in [0.3, 0.4) is 0 Å². The summed E-state index contributed by atoms with van der Waals surface area (Å²) < 4.78 is 0. The first-order valence-corrected chi connectivity index (χ1v) is 12.3. The lowest BCUT2D eigenvalue weighted by Crippen LogP contribution is -2.57. The molecule has 3 fully saturated rings. The lowest BCUT2D eigenvalue weighted by molar-refractivity contribution is -0.154. The average molecular weight is 422 g/mol. The highest BCUT2D eigenvalue weighted by Crippen LogP contribution is 2.40. The lowest BCUT2D eigenvalue weighted by Gasteiger charge is -2.46. The molecule has 31 heavy (non-hydrogen) atoms. The molecule has 0 aromatic heterocycles. The van der Waals surface area contributed by atoms with Crippen molar-refractivity contribution in [2.75, 3.05) is 37.6 Å². The molecule has 1 aromatic rings. The fraction of sp³-hybridized carbons (Fsp3) is 0.615. The Balaban J connectivity index is 1.26. The number of hydrogen-bond donors (Lipinski definition) is 0. The summed E-state index contributed by atoms with van der Waals surface area (Å²) in [6, 6.07) is 10.8. The molecule has 0 radical (unpaired) electrons. The van der Waals surface area contributed by atoms with Crippen molar-refractivity contribution in [3.8, 4) is 0 Å². The molecular weight excluding hydrogens is 386 g/mol. The Kier molecular flexibility index (Phi) is 6.02. The lowest BCUT2D eigenvalue weighted by atomic mass is 9.70. The number of anilines is 1. The second kappa shape index (κ2) is 9.05.